The first-order valence-corrected chi connectivity index (χ1v) is 6.97. The molecule has 0 bridgehead atoms. The highest BCUT2D eigenvalue weighted by Gasteiger charge is 2.27. The maximum atomic E-state index is 12.2. The zero-order valence-corrected chi connectivity index (χ0v) is 12.1. The molecule has 22 heavy (non-hydrogen) atoms. The van der Waals surface area contributed by atoms with Crippen molar-refractivity contribution in [1.29, 1.82) is 0 Å². The Morgan fingerprint density at radius 3 is 2.73 bits per heavy atom. The molecule has 1 N–H and O–H groups in total. The summed E-state index contributed by atoms with van der Waals surface area (Å²) in [5.41, 5.74) is 4.11. The molecule has 1 amide bonds. The molecule has 0 spiro atoms. The van der Waals surface area contributed by atoms with Crippen LogP contribution in [0.3, 0.4) is 0 Å². The van der Waals surface area contributed by atoms with Gasteiger partial charge in [-0.2, -0.15) is 0 Å². The van der Waals surface area contributed by atoms with Crippen molar-refractivity contribution >= 4 is 17.4 Å². The number of pyridine rings is 1. The van der Waals surface area contributed by atoms with Gasteiger partial charge in [-0.05, 0) is 17.7 Å². The van der Waals surface area contributed by atoms with Crippen LogP contribution in [-0.2, 0) is 9.63 Å². The Balaban J connectivity index is 1.60. The molecule has 0 saturated carbocycles. The number of oxime groups is 1. The van der Waals surface area contributed by atoms with E-state index in [0.29, 0.717) is 18.0 Å². The Hall–Kier alpha value is -2.89. The van der Waals surface area contributed by atoms with Crippen molar-refractivity contribution in [3.05, 3.63) is 60.3 Å². The van der Waals surface area contributed by atoms with Gasteiger partial charge in [0.2, 0.25) is 0 Å². The summed E-state index contributed by atoms with van der Waals surface area (Å²) in [4.78, 5) is 21.7. The average Bonchev–Trinajstić information content (AvgIpc) is 3.06. The highest BCUT2D eigenvalue weighted by molar-refractivity contribution is 6.39. The third kappa shape index (κ3) is 3.06. The average molecular weight is 296 g/mol. The molecule has 3 rings (SSSR count). The van der Waals surface area contributed by atoms with Gasteiger partial charge in [-0.15, -0.1) is 0 Å². The Bertz CT molecular complexity index is 673. The minimum absolute atomic E-state index is 0.206. The molecule has 1 aromatic carbocycles. The van der Waals surface area contributed by atoms with Gasteiger partial charge in [0.05, 0.1) is 0 Å². The van der Waals surface area contributed by atoms with E-state index in [4.69, 9.17) is 4.84 Å². The van der Waals surface area contributed by atoms with Crippen LogP contribution in [0.2, 0.25) is 0 Å². The number of hydrogen-bond acceptors (Lipinski definition) is 5. The number of amides is 1. The fourth-order valence-electron chi connectivity index (χ4n) is 2.18. The molecule has 1 aliphatic rings. The van der Waals surface area contributed by atoms with Crippen LogP contribution >= 0.6 is 0 Å². The van der Waals surface area contributed by atoms with Crippen molar-refractivity contribution in [3.63, 3.8) is 0 Å². The van der Waals surface area contributed by atoms with Crippen molar-refractivity contribution in [3.8, 4) is 0 Å². The zero-order valence-electron chi connectivity index (χ0n) is 12.1. The van der Waals surface area contributed by atoms with Crippen LogP contribution in [0.25, 0.3) is 0 Å². The molecule has 1 atom stereocenters. The van der Waals surface area contributed by atoms with E-state index in [9.17, 15) is 4.79 Å². The lowest BCUT2D eigenvalue weighted by Crippen LogP contribution is -2.43. The summed E-state index contributed by atoms with van der Waals surface area (Å²) < 4.78 is 0. The molecule has 6 heteroatoms. The first kappa shape index (κ1) is 14.1. The molecule has 6 nitrogen and oxygen atoms in total. The predicted octanol–water partition coefficient (Wildman–Crippen LogP) is 2.07. The van der Waals surface area contributed by atoms with Crippen LogP contribution in [0.15, 0.2) is 59.9 Å². The monoisotopic (exact) mass is 296 g/mol. The van der Waals surface area contributed by atoms with E-state index >= 15 is 0 Å². The summed E-state index contributed by atoms with van der Waals surface area (Å²) in [5, 5.41) is 5.45. The standard InChI is InChI=1S/C16H16N4O2/c1-20(15-9-5-6-10-17-15)18-16(21)13-11-14(22-19-13)12-7-3-2-4-8-12/h2-10,14H,11H2,1H3,(H,18,21). The molecule has 0 saturated heterocycles. The SMILES string of the molecule is CN(NC(=O)C1=NOC(c2ccccc2)C1)c1ccccn1. The molecule has 2 aromatic rings. The topological polar surface area (TPSA) is 66.8 Å². The molecule has 112 valence electrons. The van der Waals surface area contributed by atoms with E-state index in [0.717, 1.165) is 5.56 Å². The van der Waals surface area contributed by atoms with Gasteiger partial charge < -0.3 is 4.84 Å². The van der Waals surface area contributed by atoms with Crippen molar-refractivity contribution in [2.24, 2.45) is 5.16 Å². The predicted molar refractivity (Wildman–Crippen MR) is 83.1 cm³/mol. The summed E-state index contributed by atoms with van der Waals surface area (Å²) in [6.45, 7) is 0. The lowest BCUT2D eigenvalue weighted by Gasteiger charge is -2.18. The zero-order chi connectivity index (χ0) is 15.4. The highest BCUT2D eigenvalue weighted by Crippen LogP contribution is 2.26. The Labute approximate surface area is 128 Å². The fraction of sp³-hybridized carbons (Fsp3) is 0.188. The van der Waals surface area contributed by atoms with Crippen LogP contribution in [0, 0.1) is 0 Å². The maximum Gasteiger partial charge on any atom is 0.287 e. The number of nitrogens with zero attached hydrogens (tertiary/aromatic N) is 3. The van der Waals surface area contributed by atoms with Crippen molar-refractivity contribution in [2.45, 2.75) is 12.5 Å². The molecule has 0 fully saturated rings. The van der Waals surface area contributed by atoms with Crippen molar-refractivity contribution < 1.29 is 9.63 Å². The van der Waals surface area contributed by atoms with E-state index in [1.54, 1.807) is 24.3 Å². The number of hydrogen-bond donors (Lipinski definition) is 1. The second-order valence-electron chi connectivity index (χ2n) is 4.93. The first-order chi connectivity index (χ1) is 10.7. The molecule has 2 heterocycles. The van der Waals surface area contributed by atoms with Crippen LogP contribution < -0.4 is 10.4 Å². The van der Waals surface area contributed by atoms with Gasteiger partial charge in [0.25, 0.3) is 5.91 Å². The Morgan fingerprint density at radius 1 is 1.23 bits per heavy atom. The number of hydrazine groups is 1. The lowest BCUT2D eigenvalue weighted by atomic mass is 10.0. The minimum Gasteiger partial charge on any atom is -0.387 e. The minimum atomic E-state index is -0.286. The second kappa shape index (κ2) is 6.26. The fourth-order valence-corrected chi connectivity index (χ4v) is 2.18. The van der Waals surface area contributed by atoms with Gasteiger partial charge in [-0.3, -0.25) is 15.2 Å². The molecule has 1 unspecified atom stereocenters. The van der Waals surface area contributed by atoms with E-state index < -0.39 is 0 Å². The van der Waals surface area contributed by atoms with E-state index in [-0.39, 0.29) is 12.0 Å². The summed E-state index contributed by atoms with van der Waals surface area (Å²) in [6.07, 6.45) is 1.91. The molecule has 0 radical (unpaired) electrons. The van der Waals surface area contributed by atoms with E-state index in [1.165, 1.54) is 0 Å². The number of anilines is 1. The smallest absolute Gasteiger partial charge is 0.287 e. The van der Waals surface area contributed by atoms with E-state index in [1.807, 2.05) is 42.5 Å². The number of nitrogens with one attached hydrogen (secondary N) is 1. The van der Waals surface area contributed by atoms with Crippen LogP contribution in [0.1, 0.15) is 18.1 Å². The second-order valence-corrected chi connectivity index (χ2v) is 4.93. The Morgan fingerprint density at radius 2 is 2.00 bits per heavy atom. The van der Waals surface area contributed by atoms with Crippen LogP contribution in [0.5, 0.6) is 0 Å². The third-order valence-electron chi connectivity index (χ3n) is 3.36. The first-order valence-electron chi connectivity index (χ1n) is 6.97. The summed E-state index contributed by atoms with van der Waals surface area (Å²) in [6, 6.07) is 15.2. The maximum absolute atomic E-state index is 12.2. The molecule has 1 aliphatic heterocycles. The largest absolute Gasteiger partial charge is 0.387 e. The number of carbonyl (C=O) groups is 1. The van der Waals surface area contributed by atoms with Crippen molar-refractivity contribution in [2.75, 3.05) is 12.1 Å². The number of benzene rings is 1. The van der Waals surface area contributed by atoms with Crippen molar-refractivity contribution in [1.82, 2.24) is 10.4 Å². The third-order valence-corrected chi connectivity index (χ3v) is 3.36. The van der Waals surface area contributed by atoms with Gasteiger partial charge in [-0.25, -0.2) is 4.98 Å². The highest BCUT2D eigenvalue weighted by atomic mass is 16.6. The van der Waals surface area contributed by atoms with Gasteiger partial charge in [0.15, 0.2) is 11.8 Å². The van der Waals surface area contributed by atoms with Gasteiger partial charge in [0.1, 0.15) is 5.82 Å². The number of rotatable bonds is 4. The molecular weight excluding hydrogens is 280 g/mol. The quantitative estimate of drug-likeness (QED) is 0.877. The summed E-state index contributed by atoms with van der Waals surface area (Å²) in [7, 11) is 1.73. The van der Waals surface area contributed by atoms with Gasteiger partial charge in [0, 0.05) is 19.7 Å². The normalized spacial score (nSPS) is 16.6. The summed E-state index contributed by atoms with van der Waals surface area (Å²) >= 11 is 0. The van der Waals surface area contributed by atoms with Crippen LogP contribution in [-0.4, -0.2) is 23.7 Å². The molecule has 0 aliphatic carbocycles. The lowest BCUT2D eigenvalue weighted by molar-refractivity contribution is -0.115. The molecular formula is C16H16N4O2. The summed E-state index contributed by atoms with van der Waals surface area (Å²) in [5.74, 6) is 0.363. The molecule has 1 aromatic heterocycles. The number of aromatic nitrogens is 1. The van der Waals surface area contributed by atoms with Crippen LogP contribution in [0.4, 0.5) is 5.82 Å². The van der Waals surface area contributed by atoms with Gasteiger partial charge >= 0.3 is 0 Å². The van der Waals surface area contributed by atoms with E-state index in [2.05, 4.69) is 15.6 Å². The van der Waals surface area contributed by atoms with Gasteiger partial charge in [-0.1, -0.05) is 41.6 Å². The number of carbonyl (C=O) groups excluding carboxylic acids is 1. The Kier molecular flexibility index (Phi) is 4.00.